The maximum absolute atomic E-state index is 12.7. The van der Waals surface area contributed by atoms with E-state index >= 15 is 0 Å². The summed E-state index contributed by atoms with van der Waals surface area (Å²) in [6.45, 7) is 0.179. The Labute approximate surface area is 107 Å². The van der Waals surface area contributed by atoms with Gasteiger partial charge in [-0.3, -0.25) is 9.69 Å². The van der Waals surface area contributed by atoms with Gasteiger partial charge in [-0.2, -0.15) is 13.2 Å². The van der Waals surface area contributed by atoms with Gasteiger partial charge >= 0.3 is 12.1 Å². The van der Waals surface area contributed by atoms with E-state index < -0.39 is 24.6 Å². The number of carbonyl (C=O) groups is 1. The van der Waals surface area contributed by atoms with E-state index in [1.165, 1.54) is 18.4 Å². The van der Waals surface area contributed by atoms with Crippen molar-refractivity contribution in [1.29, 1.82) is 0 Å². The van der Waals surface area contributed by atoms with Crippen LogP contribution >= 0.6 is 11.3 Å². The van der Waals surface area contributed by atoms with E-state index in [1.54, 1.807) is 0 Å². The summed E-state index contributed by atoms with van der Waals surface area (Å²) in [6, 6.07) is 1.74. The van der Waals surface area contributed by atoms with Crippen LogP contribution in [0.3, 0.4) is 0 Å². The lowest BCUT2D eigenvalue weighted by molar-refractivity contribution is -0.187. The predicted molar refractivity (Wildman–Crippen MR) is 62.7 cm³/mol. The minimum Gasteiger partial charge on any atom is -0.481 e. The van der Waals surface area contributed by atoms with Gasteiger partial charge in [-0.05, 0) is 24.9 Å². The second-order valence-corrected chi connectivity index (χ2v) is 5.00. The maximum Gasteiger partial charge on any atom is 0.404 e. The zero-order valence-corrected chi connectivity index (χ0v) is 10.6. The maximum atomic E-state index is 12.7. The van der Waals surface area contributed by atoms with Gasteiger partial charge in [0.25, 0.3) is 0 Å². The van der Waals surface area contributed by atoms with Gasteiger partial charge in [0, 0.05) is 11.4 Å². The van der Waals surface area contributed by atoms with Crippen molar-refractivity contribution in [2.75, 3.05) is 13.6 Å². The normalized spacial score (nSPS) is 13.8. The average molecular weight is 281 g/mol. The molecule has 18 heavy (non-hydrogen) atoms. The number of aliphatic carboxylic acids is 1. The van der Waals surface area contributed by atoms with E-state index in [2.05, 4.69) is 0 Å². The molecule has 0 aromatic carbocycles. The van der Waals surface area contributed by atoms with Crippen molar-refractivity contribution >= 4 is 17.3 Å². The molecule has 0 saturated heterocycles. The van der Waals surface area contributed by atoms with Crippen LogP contribution in [0.2, 0.25) is 0 Å². The van der Waals surface area contributed by atoms with Crippen molar-refractivity contribution in [2.24, 2.45) is 0 Å². The lowest BCUT2D eigenvalue weighted by Crippen LogP contribution is -2.45. The Morgan fingerprint density at radius 1 is 1.56 bits per heavy atom. The molecule has 102 valence electrons. The monoisotopic (exact) mass is 281 g/mol. The molecule has 1 unspecified atom stereocenters. The number of carboxylic acid groups (broad SMARTS) is 1. The van der Waals surface area contributed by atoms with Crippen molar-refractivity contribution in [1.82, 2.24) is 4.90 Å². The first-order chi connectivity index (χ1) is 8.30. The first-order valence-electron chi connectivity index (χ1n) is 5.32. The van der Waals surface area contributed by atoms with Gasteiger partial charge in [-0.15, -0.1) is 11.3 Å². The number of thiophene rings is 1. The highest BCUT2D eigenvalue weighted by Gasteiger charge is 2.43. The van der Waals surface area contributed by atoms with Crippen molar-refractivity contribution in [3.05, 3.63) is 22.4 Å². The van der Waals surface area contributed by atoms with E-state index in [4.69, 9.17) is 5.11 Å². The van der Waals surface area contributed by atoms with Gasteiger partial charge in [-0.25, -0.2) is 0 Å². The van der Waals surface area contributed by atoms with Crippen molar-refractivity contribution in [3.63, 3.8) is 0 Å². The second-order valence-electron chi connectivity index (χ2n) is 3.97. The molecule has 0 saturated carbocycles. The molecule has 1 atom stereocenters. The minimum absolute atomic E-state index is 0.179. The smallest absolute Gasteiger partial charge is 0.404 e. The zero-order chi connectivity index (χ0) is 13.8. The van der Waals surface area contributed by atoms with Crippen LogP contribution in [-0.2, 0) is 11.2 Å². The Balaban J connectivity index is 2.59. The third kappa shape index (κ3) is 4.66. The molecular weight excluding hydrogens is 267 g/mol. The first-order valence-corrected chi connectivity index (χ1v) is 6.20. The van der Waals surface area contributed by atoms with E-state index in [9.17, 15) is 18.0 Å². The Morgan fingerprint density at radius 2 is 2.22 bits per heavy atom. The summed E-state index contributed by atoms with van der Waals surface area (Å²) in [5, 5.41) is 10.4. The first kappa shape index (κ1) is 15.0. The van der Waals surface area contributed by atoms with Crippen molar-refractivity contribution < 1.29 is 23.1 Å². The zero-order valence-electron chi connectivity index (χ0n) is 9.78. The van der Waals surface area contributed by atoms with E-state index in [0.29, 0.717) is 6.42 Å². The van der Waals surface area contributed by atoms with Gasteiger partial charge in [0.1, 0.15) is 6.04 Å². The molecule has 0 amide bonds. The Kier molecular flexibility index (Phi) is 5.15. The van der Waals surface area contributed by atoms with Gasteiger partial charge < -0.3 is 5.11 Å². The third-order valence-corrected chi connectivity index (χ3v) is 3.51. The molecule has 3 nitrogen and oxygen atoms in total. The van der Waals surface area contributed by atoms with E-state index in [0.717, 1.165) is 9.78 Å². The van der Waals surface area contributed by atoms with E-state index in [1.807, 2.05) is 17.5 Å². The van der Waals surface area contributed by atoms with Crippen LogP contribution in [0.25, 0.3) is 0 Å². The highest BCUT2D eigenvalue weighted by molar-refractivity contribution is 7.09. The molecule has 1 aromatic rings. The number of hydrogen-bond donors (Lipinski definition) is 1. The third-order valence-electron chi connectivity index (χ3n) is 2.57. The molecule has 0 bridgehead atoms. The molecule has 0 radical (unpaired) electrons. The molecule has 0 fully saturated rings. The molecule has 0 aliphatic heterocycles. The quantitative estimate of drug-likeness (QED) is 0.871. The molecule has 1 rings (SSSR count). The molecule has 0 spiro atoms. The standard InChI is InChI=1S/C11H14F3NO2S/c1-15(5-4-8-3-2-6-18-8)9(7-10(16)17)11(12,13)14/h2-3,6,9H,4-5,7H2,1H3,(H,16,17). The average Bonchev–Trinajstić information content (AvgIpc) is 2.73. The Hall–Kier alpha value is -1.08. The van der Waals surface area contributed by atoms with E-state index in [-0.39, 0.29) is 6.54 Å². The van der Waals surface area contributed by atoms with Crippen LogP contribution in [0, 0.1) is 0 Å². The highest BCUT2D eigenvalue weighted by atomic mass is 32.1. The van der Waals surface area contributed by atoms with Gasteiger partial charge in [0.2, 0.25) is 0 Å². The molecule has 1 heterocycles. The summed E-state index contributed by atoms with van der Waals surface area (Å²) in [5.74, 6) is -1.44. The summed E-state index contributed by atoms with van der Waals surface area (Å²) in [7, 11) is 1.30. The van der Waals surface area contributed by atoms with Crippen LogP contribution in [0.1, 0.15) is 11.3 Å². The summed E-state index contributed by atoms with van der Waals surface area (Å²) in [4.78, 5) is 12.5. The van der Waals surface area contributed by atoms with Crippen LogP contribution < -0.4 is 0 Å². The van der Waals surface area contributed by atoms with Gasteiger partial charge in [0.05, 0.1) is 6.42 Å². The highest BCUT2D eigenvalue weighted by Crippen LogP contribution is 2.26. The fraction of sp³-hybridized carbons (Fsp3) is 0.545. The molecule has 0 aliphatic carbocycles. The predicted octanol–water partition coefficient (Wildman–Crippen LogP) is 2.63. The number of likely N-dealkylation sites (N-methyl/N-ethyl adjacent to an activating group) is 1. The van der Waals surface area contributed by atoms with Crippen LogP contribution in [0.4, 0.5) is 13.2 Å². The number of alkyl halides is 3. The van der Waals surface area contributed by atoms with Crippen molar-refractivity contribution in [2.45, 2.75) is 25.1 Å². The Bertz CT molecular complexity index is 378. The molecule has 7 heteroatoms. The summed E-state index contributed by atoms with van der Waals surface area (Å²) in [5.41, 5.74) is 0. The topological polar surface area (TPSA) is 40.5 Å². The number of nitrogens with zero attached hydrogens (tertiary/aromatic N) is 1. The summed E-state index contributed by atoms with van der Waals surface area (Å²) < 4.78 is 38.1. The second kappa shape index (κ2) is 6.19. The summed E-state index contributed by atoms with van der Waals surface area (Å²) >= 11 is 1.47. The molecule has 0 aliphatic rings. The molecule has 1 aromatic heterocycles. The lowest BCUT2D eigenvalue weighted by Gasteiger charge is -2.28. The fourth-order valence-electron chi connectivity index (χ4n) is 1.58. The number of halogens is 3. The molecular formula is C11H14F3NO2S. The van der Waals surface area contributed by atoms with Gasteiger partial charge in [0.15, 0.2) is 0 Å². The SMILES string of the molecule is CN(CCc1cccs1)C(CC(=O)O)C(F)(F)F. The summed E-state index contributed by atoms with van der Waals surface area (Å²) in [6.07, 6.45) is -4.96. The van der Waals surface area contributed by atoms with Crippen molar-refractivity contribution in [3.8, 4) is 0 Å². The van der Waals surface area contributed by atoms with Crippen LogP contribution in [0.5, 0.6) is 0 Å². The number of rotatable bonds is 6. The number of hydrogen-bond acceptors (Lipinski definition) is 3. The largest absolute Gasteiger partial charge is 0.481 e. The van der Waals surface area contributed by atoms with Crippen LogP contribution in [-0.4, -0.2) is 41.8 Å². The number of carboxylic acids is 1. The lowest BCUT2D eigenvalue weighted by atomic mass is 10.1. The minimum atomic E-state index is -4.53. The van der Waals surface area contributed by atoms with Crippen LogP contribution in [0.15, 0.2) is 17.5 Å². The van der Waals surface area contributed by atoms with Gasteiger partial charge in [-0.1, -0.05) is 6.07 Å². The fourth-order valence-corrected chi connectivity index (χ4v) is 2.28. The molecule has 1 N–H and O–H groups in total. The Morgan fingerprint density at radius 3 is 2.67 bits per heavy atom.